The fourth-order valence-electron chi connectivity index (χ4n) is 1.35. The summed E-state index contributed by atoms with van der Waals surface area (Å²) in [5, 5.41) is 0. The van der Waals surface area contributed by atoms with Gasteiger partial charge in [0.15, 0.2) is 0 Å². The van der Waals surface area contributed by atoms with Gasteiger partial charge in [-0.05, 0) is 26.2 Å². The van der Waals surface area contributed by atoms with Crippen LogP contribution in [-0.4, -0.2) is 24.1 Å². The topological polar surface area (TPSA) is 52.6 Å². The Labute approximate surface area is 116 Å². The lowest BCUT2D eigenvalue weighted by Gasteiger charge is -2.16. The molecule has 0 fully saturated rings. The number of hydrogen-bond donors (Lipinski definition) is 0. The van der Waals surface area contributed by atoms with Gasteiger partial charge >= 0.3 is 11.9 Å². The molecular weight excluding hydrogens is 244 g/mol. The van der Waals surface area contributed by atoms with Crippen molar-refractivity contribution in [2.45, 2.75) is 65.6 Å². The highest BCUT2D eigenvalue weighted by atomic mass is 16.5. The molecule has 0 aliphatic heterocycles. The molecule has 0 aromatic heterocycles. The van der Waals surface area contributed by atoms with Crippen LogP contribution in [0.3, 0.4) is 0 Å². The van der Waals surface area contributed by atoms with Gasteiger partial charge in [0, 0.05) is 19.3 Å². The second-order valence-corrected chi connectivity index (χ2v) is 5.12. The summed E-state index contributed by atoms with van der Waals surface area (Å²) in [6, 6.07) is 0. The third-order valence-corrected chi connectivity index (χ3v) is 2.85. The minimum Gasteiger partial charge on any atom is -0.462 e. The summed E-state index contributed by atoms with van der Waals surface area (Å²) in [5.74, 6) is -0.235. The predicted molar refractivity (Wildman–Crippen MR) is 74.6 cm³/mol. The highest BCUT2D eigenvalue weighted by Crippen LogP contribution is 2.09. The number of carbonyl (C=O) groups is 2. The lowest BCUT2D eigenvalue weighted by Crippen LogP contribution is -2.20. The van der Waals surface area contributed by atoms with Crippen LogP contribution in [0.5, 0.6) is 0 Å². The molecule has 4 heteroatoms. The van der Waals surface area contributed by atoms with Crippen molar-refractivity contribution in [3.8, 4) is 0 Å². The molecular formula is C15H26O4. The highest BCUT2D eigenvalue weighted by molar-refractivity contribution is 5.72. The van der Waals surface area contributed by atoms with Gasteiger partial charge < -0.3 is 9.47 Å². The summed E-state index contributed by atoms with van der Waals surface area (Å²) in [5.41, 5.74) is 0. The summed E-state index contributed by atoms with van der Waals surface area (Å²) in [6.45, 7) is 11.3. The number of ether oxygens (including phenoxy) is 2. The van der Waals surface area contributed by atoms with Crippen molar-refractivity contribution >= 4 is 11.9 Å². The molecule has 2 unspecified atom stereocenters. The first-order chi connectivity index (χ1) is 8.86. The fourth-order valence-corrected chi connectivity index (χ4v) is 1.35. The third-order valence-electron chi connectivity index (χ3n) is 2.85. The fraction of sp³-hybridized carbons (Fsp3) is 0.733. The smallest absolute Gasteiger partial charge is 0.306 e. The zero-order chi connectivity index (χ0) is 14.8. The molecule has 4 nitrogen and oxygen atoms in total. The van der Waals surface area contributed by atoms with Crippen molar-refractivity contribution in [1.82, 2.24) is 0 Å². The van der Waals surface area contributed by atoms with Gasteiger partial charge in [0.2, 0.25) is 0 Å². The van der Waals surface area contributed by atoms with Crippen molar-refractivity contribution in [2.75, 3.05) is 0 Å². The van der Waals surface area contributed by atoms with Crippen LogP contribution in [0.25, 0.3) is 0 Å². The van der Waals surface area contributed by atoms with Crippen molar-refractivity contribution in [1.29, 1.82) is 0 Å². The van der Waals surface area contributed by atoms with Crippen molar-refractivity contribution in [2.24, 2.45) is 5.92 Å². The quantitative estimate of drug-likeness (QED) is 0.476. The van der Waals surface area contributed by atoms with Gasteiger partial charge in [-0.2, -0.15) is 0 Å². The Hall–Kier alpha value is -1.32. The minimum atomic E-state index is -0.279. The Morgan fingerprint density at radius 3 is 2.05 bits per heavy atom. The van der Waals surface area contributed by atoms with E-state index in [-0.39, 0.29) is 37.0 Å². The molecule has 0 heterocycles. The van der Waals surface area contributed by atoms with Gasteiger partial charge in [0.25, 0.3) is 0 Å². The van der Waals surface area contributed by atoms with Crippen LogP contribution in [-0.2, 0) is 19.1 Å². The van der Waals surface area contributed by atoms with Gasteiger partial charge in [-0.1, -0.05) is 19.9 Å². The van der Waals surface area contributed by atoms with E-state index in [2.05, 4.69) is 6.58 Å². The molecule has 110 valence electrons. The van der Waals surface area contributed by atoms with E-state index >= 15 is 0 Å². The number of carbonyl (C=O) groups excluding carboxylic acids is 2. The van der Waals surface area contributed by atoms with E-state index in [1.807, 2.05) is 27.7 Å². The van der Waals surface area contributed by atoms with E-state index in [1.54, 1.807) is 6.08 Å². The van der Waals surface area contributed by atoms with Crippen molar-refractivity contribution in [3.63, 3.8) is 0 Å². The molecule has 0 bridgehead atoms. The molecule has 0 aromatic rings. The average molecular weight is 270 g/mol. The number of hydrogen-bond acceptors (Lipinski definition) is 4. The Morgan fingerprint density at radius 2 is 1.58 bits per heavy atom. The molecule has 0 saturated carbocycles. The maximum absolute atomic E-state index is 11.5. The SMILES string of the molecule is C=CCC(C)OC(=O)CCCC(=O)OC(C)C(C)C. The van der Waals surface area contributed by atoms with Crippen molar-refractivity contribution < 1.29 is 19.1 Å². The summed E-state index contributed by atoms with van der Waals surface area (Å²) in [7, 11) is 0. The summed E-state index contributed by atoms with van der Waals surface area (Å²) < 4.78 is 10.3. The van der Waals surface area contributed by atoms with Crippen LogP contribution < -0.4 is 0 Å². The molecule has 0 rings (SSSR count). The number of rotatable bonds is 9. The lowest BCUT2D eigenvalue weighted by atomic mass is 10.1. The maximum atomic E-state index is 11.5. The molecule has 0 aromatic carbocycles. The van der Waals surface area contributed by atoms with E-state index in [0.717, 1.165) is 0 Å². The van der Waals surface area contributed by atoms with Gasteiger partial charge in [-0.25, -0.2) is 0 Å². The van der Waals surface area contributed by atoms with Crippen LogP contribution in [0, 0.1) is 5.92 Å². The second kappa shape index (κ2) is 9.59. The molecule has 0 radical (unpaired) electrons. The van der Waals surface area contributed by atoms with E-state index in [1.165, 1.54) is 0 Å². The monoisotopic (exact) mass is 270 g/mol. The van der Waals surface area contributed by atoms with E-state index in [0.29, 0.717) is 18.8 Å². The van der Waals surface area contributed by atoms with Gasteiger partial charge in [0.05, 0.1) is 0 Å². The molecule has 0 spiro atoms. The Morgan fingerprint density at radius 1 is 1.05 bits per heavy atom. The predicted octanol–water partition coefficient (Wildman–Crippen LogP) is 3.25. The average Bonchev–Trinajstić information content (AvgIpc) is 2.28. The van der Waals surface area contributed by atoms with Gasteiger partial charge in [-0.3, -0.25) is 9.59 Å². The summed E-state index contributed by atoms with van der Waals surface area (Å²) >= 11 is 0. The van der Waals surface area contributed by atoms with Crippen LogP contribution in [0.15, 0.2) is 12.7 Å². The molecule has 0 saturated heterocycles. The van der Waals surface area contributed by atoms with E-state index in [9.17, 15) is 9.59 Å². The van der Waals surface area contributed by atoms with E-state index < -0.39 is 0 Å². The molecule has 0 N–H and O–H groups in total. The molecule has 19 heavy (non-hydrogen) atoms. The first-order valence-electron chi connectivity index (χ1n) is 6.86. The molecule has 0 aliphatic rings. The Bertz CT molecular complexity index is 297. The normalized spacial score (nSPS) is 13.7. The molecule has 2 atom stereocenters. The lowest BCUT2D eigenvalue weighted by molar-refractivity contribution is -0.151. The standard InChI is InChI=1S/C15H26O4/c1-6-8-12(4)18-14(16)9-7-10-15(17)19-13(5)11(2)3/h6,11-13H,1,7-10H2,2-5H3. The van der Waals surface area contributed by atoms with Crippen LogP contribution >= 0.6 is 0 Å². The number of esters is 2. The van der Waals surface area contributed by atoms with Crippen molar-refractivity contribution in [3.05, 3.63) is 12.7 Å². The largest absolute Gasteiger partial charge is 0.462 e. The first-order valence-corrected chi connectivity index (χ1v) is 6.86. The Kier molecular flexibility index (Phi) is 8.92. The van der Waals surface area contributed by atoms with Crippen LogP contribution in [0.1, 0.15) is 53.4 Å². The first kappa shape index (κ1) is 17.7. The minimum absolute atomic E-state index is 0.0907. The zero-order valence-corrected chi connectivity index (χ0v) is 12.5. The summed E-state index contributed by atoms with van der Waals surface area (Å²) in [6.07, 6.45) is 3.06. The highest BCUT2D eigenvalue weighted by Gasteiger charge is 2.14. The summed E-state index contributed by atoms with van der Waals surface area (Å²) in [4.78, 5) is 22.9. The third kappa shape index (κ3) is 9.28. The van der Waals surface area contributed by atoms with Gasteiger partial charge in [0.1, 0.15) is 12.2 Å². The van der Waals surface area contributed by atoms with Gasteiger partial charge in [-0.15, -0.1) is 6.58 Å². The Balaban J connectivity index is 3.75. The molecule has 0 amide bonds. The van der Waals surface area contributed by atoms with E-state index in [4.69, 9.17) is 9.47 Å². The maximum Gasteiger partial charge on any atom is 0.306 e. The zero-order valence-electron chi connectivity index (χ0n) is 12.5. The molecule has 0 aliphatic carbocycles. The second-order valence-electron chi connectivity index (χ2n) is 5.12. The van der Waals surface area contributed by atoms with Crippen LogP contribution in [0.2, 0.25) is 0 Å². The van der Waals surface area contributed by atoms with Crippen LogP contribution in [0.4, 0.5) is 0 Å².